The Morgan fingerprint density at radius 2 is 1.67 bits per heavy atom. The van der Waals surface area contributed by atoms with Crippen molar-refractivity contribution in [2.75, 3.05) is 45.9 Å². The van der Waals surface area contributed by atoms with Crippen LogP contribution in [-0.2, 0) is 6.18 Å². The molecule has 3 saturated heterocycles. The van der Waals surface area contributed by atoms with Gasteiger partial charge < -0.3 is 14.9 Å². The molecule has 0 radical (unpaired) electrons. The molecule has 2 amide bonds. The lowest BCUT2D eigenvalue weighted by Gasteiger charge is -2.54. The third-order valence-electron chi connectivity index (χ3n) is 8.91. The van der Waals surface area contributed by atoms with Crippen molar-refractivity contribution in [2.24, 2.45) is 5.41 Å². The smallest absolute Gasteiger partial charge is 0.395 e. The molecular weight excluding hydrogens is 467 g/mol. The Labute approximate surface area is 209 Å². The van der Waals surface area contributed by atoms with Gasteiger partial charge in [-0.3, -0.25) is 4.90 Å². The van der Waals surface area contributed by atoms with Crippen LogP contribution in [0.2, 0.25) is 0 Å². The summed E-state index contributed by atoms with van der Waals surface area (Å²) in [5, 5.41) is 9.15. The van der Waals surface area contributed by atoms with E-state index in [1.165, 1.54) is 17.7 Å². The summed E-state index contributed by atoms with van der Waals surface area (Å²) in [6, 6.07) is 11.7. The van der Waals surface area contributed by atoms with E-state index in [1.54, 1.807) is 0 Å². The van der Waals surface area contributed by atoms with Crippen LogP contribution in [0.1, 0.15) is 54.3 Å². The summed E-state index contributed by atoms with van der Waals surface area (Å²) in [6.07, 6.45) is -0.457. The molecule has 2 bridgehead atoms. The number of benzene rings is 2. The van der Waals surface area contributed by atoms with E-state index >= 15 is 0 Å². The number of aliphatic hydroxyl groups excluding tert-OH is 1. The van der Waals surface area contributed by atoms with Crippen molar-refractivity contribution < 1.29 is 23.1 Å². The summed E-state index contributed by atoms with van der Waals surface area (Å²) >= 11 is 0. The maximum Gasteiger partial charge on any atom is 0.416 e. The number of urea groups is 1. The first kappa shape index (κ1) is 23.8. The molecule has 1 aliphatic carbocycles. The minimum atomic E-state index is -4.35. The predicted molar refractivity (Wildman–Crippen MR) is 130 cm³/mol. The SMILES string of the molecule is O=C(N1CCC2(CC1)CN(CCO)C2)N1CCC2C[C@H]1c1cc(-c3ccc(C(F)(F)F)cc3)ccc12. The van der Waals surface area contributed by atoms with Gasteiger partial charge in [0.1, 0.15) is 0 Å². The van der Waals surface area contributed by atoms with Gasteiger partial charge in [-0.05, 0) is 77.5 Å². The second kappa shape index (κ2) is 8.77. The molecule has 6 rings (SSSR count). The Bertz CT molecular complexity index is 1130. The van der Waals surface area contributed by atoms with Crippen molar-refractivity contribution in [3.05, 3.63) is 59.2 Å². The lowest BCUT2D eigenvalue weighted by atomic mass is 9.72. The first-order valence-corrected chi connectivity index (χ1v) is 13.0. The monoisotopic (exact) mass is 499 g/mol. The lowest BCUT2D eigenvalue weighted by Crippen LogP contribution is -2.62. The van der Waals surface area contributed by atoms with Crippen molar-refractivity contribution in [2.45, 2.75) is 43.8 Å². The molecule has 1 spiro atoms. The van der Waals surface area contributed by atoms with E-state index in [1.807, 2.05) is 15.9 Å². The van der Waals surface area contributed by atoms with Gasteiger partial charge in [-0.15, -0.1) is 0 Å². The highest BCUT2D eigenvalue weighted by Gasteiger charge is 2.47. The molecule has 36 heavy (non-hydrogen) atoms. The Morgan fingerprint density at radius 1 is 0.972 bits per heavy atom. The first-order chi connectivity index (χ1) is 17.3. The van der Waals surface area contributed by atoms with Gasteiger partial charge >= 0.3 is 12.2 Å². The molecule has 0 aromatic heterocycles. The maximum absolute atomic E-state index is 13.6. The fourth-order valence-corrected chi connectivity index (χ4v) is 6.91. The van der Waals surface area contributed by atoms with Gasteiger partial charge in [0.25, 0.3) is 0 Å². The van der Waals surface area contributed by atoms with Gasteiger partial charge in [-0.25, -0.2) is 4.79 Å². The fourth-order valence-electron chi connectivity index (χ4n) is 6.91. The van der Waals surface area contributed by atoms with Gasteiger partial charge in [-0.1, -0.05) is 24.3 Å². The molecule has 3 heterocycles. The standard InChI is InChI=1S/C28H32F3N3O2/c29-28(30,31)22-4-1-19(2-5-22)20-3-6-23-21-7-10-34(25(16-21)24(23)15-20)26(36)33-11-8-27(9-12-33)17-32(18-27)13-14-35/h1-6,15,21,25,35H,7-14,16-18H2/t21?,25-/m0/s1. The molecule has 2 aromatic rings. The highest BCUT2D eigenvalue weighted by atomic mass is 19.4. The number of hydrogen-bond donors (Lipinski definition) is 1. The highest BCUT2D eigenvalue weighted by Crippen LogP contribution is 2.50. The van der Waals surface area contributed by atoms with E-state index in [4.69, 9.17) is 5.11 Å². The van der Waals surface area contributed by atoms with E-state index in [2.05, 4.69) is 17.0 Å². The van der Waals surface area contributed by atoms with E-state index in [0.29, 0.717) is 11.3 Å². The highest BCUT2D eigenvalue weighted by molar-refractivity contribution is 5.76. The topological polar surface area (TPSA) is 47.0 Å². The number of hydrogen-bond acceptors (Lipinski definition) is 3. The third kappa shape index (κ3) is 4.08. The lowest BCUT2D eigenvalue weighted by molar-refractivity contribution is -0.137. The van der Waals surface area contributed by atoms with Crippen LogP contribution in [0.3, 0.4) is 0 Å². The zero-order valence-corrected chi connectivity index (χ0v) is 20.3. The van der Waals surface area contributed by atoms with Crippen molar-refractivity contribution in [1.29, 1.82) is 0 Å². The molecule has 2 atom stereocenters. The maximum atomic E-state index is 13.6. The number of rotatable bonds is 3. The van der Waals surface area contributed by atoms with Crippen LogP contribution in [0, 0.1) is 5.41 Å². The van der Waals surface area contributed by atoms with Crippen LogP contribution in [-0.4, -0.2) is 71.7 Å². The second-order valence-corrected chi connectivity index (χ2v) is 11.1. The Hall–Kier alpha value is -2.58. The van der Waals surface area contributed by atoms with Gasteiger partial charge in [0.05, 0.1) is 18.2 Å². The summed E-state index contributed by atoms with van der Waals surface area (Å²) in [5.74, 6) is 0.438. The summed E-state index contributed by atoms with van der Waals surface area (Å²) in [4.78, 5) is 20.0. The number of piperidine rings is 2. The van der Waals surface area contributed by atoms with E-state index in [0.717, 1.165) is 93.8 Å². The summed E-state index contributed by atoms with van der Waals surface area (Å²) in [7, 11) is 0. The fraction of sp³-hybridized carbons (Fsp3) is 0.536. The Kier molecular flexibility index (Phi) is 5.80. The molecule has 1 unspecified atom stereocenters. The van der Waals surface area contributed by atoms with Crippen LogP contribution < -0.4 is 0 Å². The van der Waals surface area contributed by atoms with E-state index < -0.39 is 11.7 Å². The predicted octanol–water partition coefficient (Wildman–Crippen LogP) is 5.12. The number of alkyl halides is 3. The van der Waals surface area contributed by atoms with E-state index in [9.17, 15) is 18.0 Å². The number of likely N-dealkylation sites (tertiary alicyclic amines) is 3. The van der Waals surface area contributed by atoms with Crippen LogP contribution in [0.25, 0.3) is 11.1 Å². The van der Waals surface area contributed by atoms with Gasteiger partial charge in [0.15, 0.2) is 0 Å². The molecule has 0 saturated carbocycles. The molecule has 8 heteroatoms. The van der Waals surface area contributed by atoms with Crippen molar-refractivity contribution in [3.8, 4) is 11.1 Å². The Morgan fingerprint density at radius 3 is 2.33 bits per heavy atom. The molecule has 4 aliphatic rings. The number of nitrogens with zero attached hydrogens (tertiary/aromatic N) is 3. The van der Waals surface area contributed by atoms with Crippen LogP contribution in [0.4, 0.5) is 18.0 Å². The number of halogens is 3. The zero-order valence-electron chi connectivity index (χ0n) is 20.3. The summed E-state index contributed by atoms with van der Waals surface area (Å²) in [5.41, 5.74) is 3.72. The number of carbonyl (C=O) groups is 1. The number of fused-ring (bicyclic) bond motifs is 5. The average Bonchev–Trinajstić information content (AvgIpc) is 3.14. The minimum Gasteiger partial charge on any atom is -0.395 e. The second-order valence-electron chi connectivity index (χ2n) is 11.1. The number of aliphatic hydroxyl groups is 1. The quantitative estimate of drug-likeness (QED) is 0.638. The third-order valence-corrected chi connectivity index (χ3v) is 8.91. The first-order valence-electron chi connectivity index (χ1n) is 13.0. The van der Waals surface area contributed by atoms with Gasteiger partial charge in [-0.2, -0.15) is 13.2 Å². The zero-order chi connectivity index (χ0) is 25.1. The van der Waals surface area contributed by atoms with Crippen LogP contribution >= 0.6 is 0 Å². The van der Waals surface area contributed by atoms with Gasteiger partial charge in [0, 0.05) is 39.3 Å². The summed E-state index contributed by atoms with van der Waals surface area (Å²) in [6.45, 7) is 5.25. The molecule has 3 fully saturated rings. The van der Waals surface area contributed by atoms with Crippen LogP contribution in [0.15, 0.2) is 42.5 Å². The number of amides is 2. The van der Waals surface area contributed by atoms with Crippen LogP contribution in [0.5, 0.6) is 0 Å². The number of carbonyl (C=O) groups excluding carboxylic acids is 1. The molecule has 2 aromatic carbocycles. The normalized spacial score (nSPS) is 25.1. The molecular formula is C28H32F3N3O2. The molecule has 3 aliphatic heterocycles. The van der Waals surface area contributed by atoms with Crippen molar-refractivity contribution in [3.63, 3.8) is 0 Å². The van der Waals surface area contributed by atoms with Gasteiger partial charge in [0.2, 0.25) is 0 Å². The largest absolute Gasteiger partial charge is 0.416 e. The average molecular weight is 500 g/mol. The summed E-state index contributed by atoms with van der Waals surface area (Å²) < 4.78 is 38.9. The molecule has 1 N–H and O–H groups in total. The molecule has 192 valence electrons. The number of β-amino-alcohol motifs (C(OH)–C–C–N with tert-alkyl or cyclic N) is 1. The van der Waals surface area contributed by atoms with E-state index in [-0.39, 0.29) is 18.7 Å². The van der Waals surface area contributed by atoms with Crippen molar-refractivity contribution in [1.82, 2.24) is 14.7 Å². The van der Waals surface area contributed by atoms with Crippen molar-refractivity contribution >= 4 is 6.03 Å². The molecule has 5 nitrogen and oxygen atoms in total. The Balaban J connectivity index is 1.17. The minimum absolute atomic E-state index is 0.0280.